The Bertz CT molecular complexity index is 1140. The highest BCUT2D eigenvalue weighted by atomic mass is 16.2. The van der Waals surface area contributed by atoms with Gasteiger partial charge in [-0.2, -0.15) is 0 Å². The Morgan fingerprint density at radius 1 is 1.22 bits per heavy atom. The van der Waals surface area contributed by atoms with Crippen LogP contribution in [0, 0.1) is 0 Å². The molecule has 4 rings (SSSR count). The normalized spacial score (nSPS) is 20.9. The van der Waals surface area contributed by atoms with Gasteiger partial charge in [0.05, 0.1) is 0 Å². The molecule has 0 saturated carbocycles. The molecule has 2 aliphatic rings. The van der Waals surface area contributed by atoms with E-state index in [0.29, 0.717) is 18.1 Å². The number of likely N-dealkylation sites (tertiary alicyclic amines) is 1. The minimum atomic E-state index is -0.383. The Balaban J connectivity index is 1.79. The minimum Gasteiger partial charge on any atom is -0.337 e. The van der Waals surface area contributed by atoms with Gasteiger partial charge in [0.2, 0.25) is 0 Å². The molecule has 8 nitrogen and oxygen atoms in total. The summed E-state index contributed by atoms with van der Waals surface area (Å²) >= 11 is 0. The predicted molar refractivity (Wildman–Crippen MR) is 131 cm³/mol. The summed E-state index contributed by atoms with van der Waals surface area (Å²) in [5.41, 5.74) is 8.12. The molecule has 1 aromatic heterocycles. The molecule has 2 atom stereocenters. The molecule has 0 aliphatic carbocycles. The molecule has 0 amide bonds. The summed E-state index contributed by atoms with van der Waals surface area (Å²) in [6.07, 6.45) is 7.22. The molecule has 2 unspecified atom stereocenters. The summed E-state index contributed by atoms with van der Waals surface area (Å²) < 4.78 is 2.71. The highest BCUT2D eigenvalue weighted by molar-refractivity contribution is 5.73. The van der Waals surface area contributed by atoms with Crippen molar-refractivity contribution in [2.24, 2.45) is 12.8 Å². The number of benzene rings is 1. The molecule has 3 N–H and O–H groups in total. The van der Waals surface area contributed by atoms with Crippen LogP contribution in [0.3, 0.4) is 0 Å². The second-order valence-electron chi connectivity index (χ2n) is 8.79. The van der Waals surface area contributed by atoms with E-state index < -0.39 is 0 Å². The van der Waals surface area contributed by atoms with Gasteiger partial charge in [-0.3, -0.25) is 14.3 Å². The third kappa shape index (κ3) is 4.28. The first kappa shape index (κ1) is 22.1. The lowest BCUT2D eigenvalue weighted by Gasteiger charge is -2.39. The van der Waals surface area contributed by atoms with E-state index in [2.05, 4.69) is 21.2 Å². The summed E-state index contributed by atoms with van der Waals surface area (Å²) in [7, 11) is 1.70. The summed E-state index contributed by atoms with van der Waals surface area (Å²) in [6, 6.07) is 9.73. The van der Waals surface area contributed by atoms with Crippen molar-refractivity contribution in [3.05, 3.63) is 68.4 Å². The van der Waals surface area contributed by atoms with Crippen LogP contribution in [0.2, 0.25) is 0 Å². The second kappa shape index (κ2) is 9.18. The van der Waals surface area contributed by atoms with Gasteiger partial charge in [-0.1, -0.05) is 42.0 Å². The van der Waals surface area contributed by atoms with E-state index in [1.54, 1.807) is 19.3 Å². The van der Waals surface area contributed by atoms with Gasteiger partial charge in [0.15, 0.2) is 6.29 Å². The number of anilines is 2. The Hall–Kier alpha value is -3.10. The number of fused-ring (bicyclic) bond motifs is 1. The van der Waals surface area contributed by atoms with Crippen molar-refractivity contribution < 1.29 is 0 Å². The molecule has 2 aliphatic heterocycles. The number of nitrogens with one attached hydrogen (secondary N) is 1. The molecule has 1 fully saturated rings. The lowest BCUT2D eigenvalue weighted by Crippen LogP contribution is -2.56. The highest BCUT2D eigenvalue weighted by Crippen LogP contribution is 2.32. The molecular weight excluding hydrogens is 404 g/mol. The van der Waals surface area contributed by atoms with E-state index in [9.17, 15) is 9.59 Å². The fourth-order valence-corrected chi connectivity index (χ4v) is 4.34. The molecule has 1 saturated heterocycles. The quantitative estimate of drug-likeness (QED) is 0.698. The average Bonchev–Trinajstić information content (AvgIpc) is 3.17. The standard InChI is InChI=1S/C24H32N6O2/c1-17(2)11-14-29-20-21(26-23(29)28-13-7-10-19(25)16-28)27(3)24(32)30(22(20)31)15-12-18-8-5-4-6-9-18/h4-6,8-9,11-12,15,19,23,26H,7,10,13-14,16,25H2,1-3H3/b15-12+. The Labute approximate surface area is 188 Å². The second-order valence-corrected chi connectivity index (χ2v) is 8.79. The highest BCUT2D eigenvalue weighted by Gasteiger charge is 2.38. The number of piperidine rings is 1. The summed E-state index contributed by atoms with van der Waals surface area (Å²) in [6.45, 7) is 6.28. The maximum absolute atomic E-state index is 13.6. The lowest BCUT2D eigenvalue weighted by molar-refractivity contribution is 0.164. The first-order chi connectivity index (χ1) is 15.4. The van der Waals surface area contributed by atoms with Crippen molar-refractivity contribution in [3.63, 3.8) is 0 Å². The molecule has 0 radical (unpaired) electrons. The fourth-order valence-electron chi connectivity index (χ4n) is 4.34. The van der Waals surface area contributed by atoms with E-state index in [-0.39, 0.29) is 23.6 Å². The van der Waals surface area contributed by atoms with E-state index >= 15 is 0 Å². The Morgan fingerprint density at radius 3 is 2.66 bits per heavy atom. The number of nitrogens with zero attached hydrogens (tertiary/aromatic N) is 4. The van der Waals surface area contributed by atoms with Crippen molar-refractivity contribution in [3.8, 4) is 0 Å². The van der Waals surface area contributed by atoms with Gasteiger partial charge >= 0.3 is 5.69 Å². The van der Waals surface area contributed by atoms with Gasteiger partial charge < -0.3 is 16.0 Å². The van der Waals surface area contributed by atoms with Crippen LogP contribution in [-0.2, 0) is 7.05 Å². The smallest absolute Gasteiger partial charge is 0.336 e. The molecule has 170 valence electrons. The maximum Gasteiger partial charge on any atom is 0.336 e. The van der Waals surface area contributed by atoms with Crippen molar-refractivity contribution in [2.75, 3.05) is 29.9 Å². The minimum absolute atomic E-state index is 0.105. The summed E-state index contributed by atoms with van der Waals surface area (Å²) in [5.74, 6) is 0.552. The number of rotatable bonds is 5. The van der Waals surface area contributed by atoms with Crippen molar-refractivity contribution >= 4 is 23.8 Å². The first-order valence-electron chi connectivity index (χ1n) is 11.1. The van der Waals surface area contributed by atoms with Gasteiger partial charge in [0.1, 0.15) is 11.5 Å². The molecule has 0 bridgehead atoms. The van der Waals surface area contributed by atoms with Crippen LogP contribution in [-0.4, -0.2) is 46.0 Å². The zero-order valence-electron chi connectivity index (χ0n) is 19.0. The van der Waals surface area contributed by atoms with Crippen molar-refractivity contribution in [1.29, 1.82) is 0 Å². The summed E-state index contributed by atoms with van der Waals surface area (Å²) in [4.78, 5) is 30.9. The first-order valence-corrected chi connectivity index (χ1v) is 11.1. The maximum atomic E-state index is 13.6. The third-order valence-corrected chi connectivity index (χ3v) is 6.07. The molecular formula is C24H32N6O2. The molecule has 2 aromatic rings. The number of allylic oxidation sites excluding steroid dienone is 1. The topological polar surface area (TPSA) is 88.5 Å². The van der Waals surface area contributed by atoms with E-state index in [0.717, 1.165) is 31.5 Å². The monoisotopic (exact) mass is 436 g/mol. The van der Waals surface area contributed by atoms with E-state index in [4.69, 9.17) is 5.73 Å². The molecule has 0 spiro atoms. The van der Waals surface area contributed by atoms with Gasteiger partial charge in [-0.25, -0.2) is 9.36 Å². The van der Waals surface area contributed by atoms with Crippen LogP contribution in [0.4, 0.5) is 11.5 Å². The Kier molecular flexibility index (Phi) is 6.34. The van der Waals surface area contributed by atoms with Crippen LogP contribution in [0.1, 0.15) is 32.3 Å². The van der Waals surface area contributed by atoms with Crippen molar-refractivity contribution in [2.45, 2.75) is 39.0 Å². The van der Waals surface area contributed by atoms with Crippen LogP contribution in [0.15, 0.2) is 51.6 Å². The van der Waals surface area contributed by atoms with Crippen LogP contribution in [0.25, 0.3) is 12.3 Å². The number of hydrogen-bond donors (Lipinski definition) is 2. The van der Waals surface area contributed by atoms with Gasteiger partial charge in [-0.05, 0) is 38.3 Å². The number of hydrogen-bond acceptors (Lipinski definition) is 6. The number of nitrogens with two attached hydrogens (primary N) is 1. The van der Waals surface area contributed by atoms with Crippen LogP contribution in [0.5, 0.6) is 0 Å². The zero-order chi connectivity index (χ0) is 22.8. The molecule has 32 heavy (non-hydrogen) atoms. The molecule has 8 heteroatoms. The summed E-state index contributed by atoms with van der Waals surface area (Å²) in [5, 5.41) is 3.44. The van der Waals surface area contributed by atoms with Gasteiger partial charge in [-0.15, -0.1) is 0 Å². The van der Waals surface area contributed by atoms with Gasteiger partial charge in [0, 0.05) is 38.9 Å². The molecule has 1 aromatic carbocycles. The van der Waals surface area contributed by atoms with E-state index in [1.807, 2.05) is 44.2 Å². The average molecular weight is 437 g/mol. The Morgan fingerprint density at radius 2 is 1.97 bits per heavy atom. The number of aromatic nitrogens is 2. The SMILES string of the molecule is CC(C)=CCN1c2c(n(C)c(=O)n(/C=C/c3ccccc3)c2=O)NC1N1CCCC(N)C1. The largest absolute Gasteiger partial charge is 0.337 e. The van der Waals surface area contributed by atoms with Crippen molar-refractivity contribution in [1.82, 2.24) is 14.0 Å². The predicted octanol–water partition coefficient (Wildman–Crippen LogP) is 2.08. The van der Waals surface area contributed by atoms with Gasteiger partial charge in [0.25, 0.3) is 5.56 Å². The van der Waals surface area contributed by atoms with Crippen LogP contribution < -0.4 is 27.2 Å². The third-order valence-electron chi connectivity index (χ3n) is 6.07. The van der Waals surface area contributed by atoms with Crippen LogP contribution >= 0.6 is 0 Å². The lowest BCUT2D eigenvalue weighted by atomic mass is 10.1. The molecule has 3 heterocycles. The zero-order valence-corrected chi connectivity index (χ0v) is 19.0. The fraction of sp³-hybridized carbons (Fsp3) is 0.417. The van der Waals surface area contributed by atoms with E-state index in [1.165, 1.54) is 14.7 Å².